The Hall–Kier alpha value is -2.10. The van der Waals surface area contributed by atoms with Crippen LogP contribution in [-0.2, 0) is 0 Å². The normalized spacial score (nSPS) is 21.6. The van der Waals surface area contributed by atoms with Crippen LogP contribution in [0.5, 0.6) is 0 Å². The van der Waals surface area contributed by atoms with Gasteiger partial charge in [0.05, 0.1) is 0 Å². The summed E-state index contributed by atoms with van der Waals surface area (Å²) in [4.78, 5) is 0. The van der Waals surface area contributed by atoms with E-state index in [1.54, 1.807) is 0 Å². The van der Waals surface area contributed by atoms with E-state index >= 15 is 0 Å². The quantitative estimate of drug-likeness (QED) is 0.321. The molecule has 3 aromatic rings. The Kier molecular flexibility index (Phi) is 7.02. The molecule has 1 fully saturated rings. The summed E-state index contributed by atoms with van der Waals surface area (Å²) in [6, 6.07) is 33.1. The van der Waals surface area contributed by atoms with Crippen molar-refractivity contribution in [2.24, 2.45) is 5.41 Å². The standard InChI is InChI=1S/C13H21O.3C6H5.Sn/c1-10(2)8-13(14)9-12(4,5)7-6-11(13)3;3*1-2-4-6-5-3-1;/h3,14H,1,6-9H2,2,4-5H3;3*1-5H;. The third kappa shape index (κ3) is 5.05. The van der Waals surface area contributed by atoms with Gasteiger partial charge in [0, 0.05) is 0 Å². The van der Waals surface area contributed by atoms with Crippen molar-refractivity contribution in [3.05, 3.63) is 113 Å². The number of aliphatic hydroxyl groups is 1. The Morgan fingerprint density at radius 1 is 0.848 bits per heavy atom. The number of benzene rings is 3. The molecular weight excluding hydrogens is 507 g/mol. The van der Waals surface area contributed by atoms with Crippen LogP contribution in [0.4, 0.5) is 0 Å². The number of hydrogen-bond acceptors (Lipinski definition) is 1. The molecule has 1 atom stereocenters. The maximum absolute atomic E-state index is 12.1. The van der Waals surface area contributed by atoms with Crippen LogP contribution in [0, 0.1) is 5.41 Å². The van der Waals surface area contributed by atoms with E-state index in [1.807, 2.05) is 6.92 Å². The SMILES string of the molecule is C=C(C)CC1(O)CC(C)(C)CC/C1=[CH]\[Sn]([c]1ccccc1)([c]1ccccc1)[c]1ccccc1. The summed E-state index contributed by atoms with van der Waals surface area (Å²) in [6.45, 7) is 10.8. The van der Waals surface area contributed by atoms with E-state index < -0.39 is 24.0 Å². The summed E-state index contributed by atoms with van der Waals surface area (Å²) in [7, 11) is 0. The van der Waals surface area contributed by atoms with Crippen molar-refractivity contribution >= 4 is 29.1 Å². The van der Waals surface area contributed by atoms with Crippen molar-refractivity contribution in [2.75, 3.05) is 0 Å². The van der Waals surface area contributed by atoms with E-state index in [2.05, 4.69) is 116 Å². The molecule has 0 amide bonds. The molecule has 2 heteroatoms. The van der Waals surface area contributed by atoms with Gasteiger partial charge in [-0.3, -0.25) is 0 Å². The van der Waals surface area contributed by atoms with Gasteiger partial charge in [-0.1, -0.05) is 0 Å². The molecule has 1 N–H and O–H groups in total. The molecule has 3 aromatic carbocycles. The minimum absolute atomic E-state index is 0.117. The Morgan fingerprint density at radius 3 is 1.67 bits per heavy atom. The van der Waals surface area contributed by atoms with Crippen molar-refractivity contribution in [1.29, 1.82) is 0 Å². The molecule has 33 heavy (non-hydrogen) atoms. The molecule has 0 heterocycles. The van der Waals surface area contributed by atoms with Crippen molar-refractivity contribution in [1.82, 2.24) is 0 Å². The Bertz CT molecular complexity index is 1020. The molecule has 0 bridgehead atoms. The fourth-order valence-corrected chi connectivity index (χ4v) is 18.8. The third-order valence-electron chi connectivity index (χ3n) is 7.11. The first kappa shape index (κ1) is 24.0. The molecule has 0 spiro atoms. The molecule has 1 unspecified atom stereocenters. The summed E-state index contributed by atoms with van der Waals surface area (Å²) >= 11 is -3.60. The molecule has 4 rings (SSSR count). The molecule has 1 saturated carbocycles. The molecule has 1 aliphatic carbocycles. The van der Waals surface area contributed by atoms with Crippen molar-refractivity contribution < 1.29 is 5.11 Å². The maximum atomic E-state index is 12.1. The van der Waals surface area contributed by atoms with Gasteiger partial charge in [0.15, 0.2) is 0 Å². The summed E-state index contributed by atoms with van der Waals surface area (Å²) in [5.74, 6) is 0. The van der Waals surface area contributed by atoms with Gasteiger partial charge in [0.2, 0.25) is 0 Å². The van der Waals surface area contributed by atoms with Crippen molar-refractivity contribution in [2.45, 2.75) is 52.1 Å². The molecule has 170 valence electrons. The predicted molar refractivity (Wildman–Crippen MR) is 144 cm³/mol. The topological polar surface area (TPSA) is 20.2 Å². The van der Waals surface area contributed by atoms with E-state index in [1.165, 1.54) is 16.3 Å². The second-order valence-corrected chi connectivity index (χ2v) is 21.0. The van der Waals surface area contributed by atoms with Gasteiger partial charge in [-0.05, 0) is 0 Å². The summed E-state index contributed by atoms with van der Waals surface area (Å²) in [5.41, 5.74) is 1.54. The van der Waals surface area contributed by atoms with Gasteiger partial charge in [-0.2, -0.15) is 0 Å². The average Bonchev–Trinajstić information content (AvgIpc) is 2.79. The van der Waals surface area contributed by atoms with Crippen molar-refractivity contribution in [3.8, 4) is 0 Å². The van der Waals surface area contributed by atoms with E-state index in [0.29, 0.717) is 6.42 Å². The van der Waals surface area contributed by atoms with Gasteiger partial charge in [-0.15, -0.1) is 0 Å². The van der Waals surface area contributed by atoms with Crippen LogP contribution in [0.25, 0.3) is 0 Å². The molecule has 0 aromatic heterocycles. The van der Waals surface area contributed by atoms with E-state index in [0.717, 1.165) is 24.8 Å². The van der Waals surface area contributed by atoms with Crippen molar-refractivity contribution in [3.63, 3.8) is 0 Å². The van der Waals surface area contributed by atoms with E-state index in [9.17, 15) is 5.11 Å². The minimum atomic E-state index is -3.60. The zero-order valence-electron chi connectivity index (χ0n) is 20.2. The Balaban J connectivity index is 2.03. The molecule has 0 radical (unpaired) electrons. The molecular formula is C31H36OSn. The number of hydrogen-bond donors (Lipinski definition) is 1. The zero-order chi connectivity index (χ0) is 23.5. The zero-order valence-corrected chi connectivity index (χ0v) is 23.1. The van der Waals surface area contributed by atoms with Crippen LogP contribution in [0.2, 0.25) is 0 Å². The van der Waals surface area contributed by atoms with E-state index in [4.69, 9.17) is 0 Å². The summed E-state index contributed by atoms with van der Waals surface area (Å²) in [6.07, 6.45) is 3.43. The van der Waals surface area contributed by atoms with Crippen LogP contribution < -0.4 is 10.7 Å². The van der Waals surface area contributed by atoms with Gasteiger partial charge in [0.25, 0.3) is 0 Å². The summed E-state index contributed by atoms with van der Waals surface area (Å²) < 4.78 is 6.84. The molecule has 0 aliphatic heterocycles. The monoisotopic (exact) mass is 544 g/mol. The molecule has 1 nitrogen and oxygen atoms in total. The van der Waals surface area contributed by atoms with Gasteiger partial charge in [0.1, 0.15) is 0 Å². The Morgan fingerprint density at radius 2 is 1.27 bits per heavy atom. The predicted octanol–water partition coefficient (Wildman–Crippen LogP) is 5.53. The second kappa shape index (κ2) is 9.64. The number of rotatable bonds is 6. The first-order chi connectivity index (χ1) is 15.8. The molecule has 0 saturated heterocycles. The van der Waals surface area contributed by atoms with Crippen LogP contribution in [0.3, 0.4) is 0 Å². The fourth-order valence-electron chi connectivity index (χ4n) is 5.70. The van der Waals surface area contributed by atoms with E-state index in [-0.39, 0.29) is 5.41 Å². The van der Waals surface area contributed by atoms with Crippen LogP contribution in [-0.4, -0.2) is 29.1 Å². The first-order valence-electron chi connectivity index (χ1n) is 12.0. The van der Waals surface area contributed by atoms with Gasteiger partial charge < -0.3 is 0 Å². The average molecular weight is 543 g/mol. The molecule has 1 aliphatic rings. The Labute approximate surface area is 203 Å². The first-order valence-corrected chi connectivity index (χ1v) is 17.9. The van der Waals surface area contributed by atoms with Gasteiger partial charge in [-0.25, -0.2) is 0 Å². The van der Waals surface area contributed by atoms with Crippen LogP contribution in [0.15, 0.2) is 113 Å². The fraction of sp³-hybridized carbons (Fsp3) is 0.290. The summed E-state index contributed by atoms with van der Waals surface area (Å²) in [5, 5.41) is 12.1. The van der Waals surface area contributed by atoms with Crippen LogP contribution >= 0.6 is 0 Å². The van der Waals surface area contributed by atoms with Crippen LogP contribution in [0.1, 0.15) is 46.5 Å². The van der Waals surface area contributed by atoms with Gasteiger partial charge >= 0.3 is 205 Å². The second-order valence-electron chi connectivity index (χ2n) is 10.6. The third-order valence-corrected chi connectivity index (χ3v) is 20.0.